The van der Waals surface area contributed by atoms with Gasteiger partial charge in [-0.15, -0.1) is 0 Å². The fourth-order valence-electron chi connectivity index (χ4n) is 2.66. The van der Waals surface area contributed by atoms with Gasteiger partial charge >= 0.3 is 0 Å². The Hall–Kier alpha value is -1.06. The lowest BCUT2D eigenvalue weighted by molar-refractivity contribution is -0.0313. The number of halogens is 1. The van der Waals surface area contributed by atoms with E-state index in [9.17, 15) is 4.79 Å². The lowest BCUT2D eigenvalue weighted by atomic mass is 10.1. The van der Waals surface area contributed by atoms with Crippen LogP contribution in [0.4, 0.5) is 0 Å². The van der Waals surface area contributed by atoms with Gasteiger partial charge in [0.2, 0.25) is 0 Å². The minimum atomic E-state index is 0.0690. The van der Waals surface area contributed by atoms with Crippen molar-refractivity contribution in [3.63, 3.8) is 0 Å². The molecule has 0 bridgehead atoms. The Kier molecular flexibility index (Phi) is 3.50. The van der Waals surface area contributed by atoms with Crippen molar-refractivity contribution < 1.29 is 9.53 Å². The van der Waals surface area contributed by atoms with Crippen LogP contribution in [0.2, 0.25) is 5.02 Å². The Balaban J connectivity index is 1.75. The number of carbonyl (C=O) groups excluding carboxylic acids is 1. The Morgan fingerprint density at radius 1 is 1.37 bits per heavy atom. The van der Waals surface area contributed by atoms with Gasteiger partial charge in [0.25, 0.3) is 5.91 Å². The maximum Gasteiger partial charge on any atom is 0.254 e. The van der Waals surface area contributed by atoms with Crippen LogP contribution < -0.4 is 0 Å². The lowest BCUT2D eigenvalue weighted by Gasteiger charge is -2.33. The maximum absolute atomic E-state index is 12.5. The monoisotopic (exact) mass is 279 g/mol. The molecule has 2 aliphatic rings. The van der Waals surface area contributed by atoms with Gasteiger partial charge in [0.15, 0.2) is 0 Å². The molecule has 102 valence electrons. The van der Waals surface area contributed by atoms with Gasteiger partial charge in [-0.05, 0) is 49.4 Å². The molecule has 1 unspecified atom stereocenters. The molecule has 1 saturated heterocycles. The standard InChI is InChI=1S/C15H18ClNO2/c1-10-6-12(8-13(16)7-10)15(18)17-4-5-19-14(9-17)11-2-3-11/h6-8,11,14H,2-5,9H2,1H3. The first-order chi connectivity index (χ1) is 9.13. The Labute approximate surface area is 118 Å². The van der Waals surface area contributed by atoms with E-state index in [4.69, 9.17) is 16.3 Å². The number of rotatable bonds is 2. The molecule has 3 nitrogen and oxygen atoms in total. The van der Waals surface area contributed by atoms with Crippen LogP contribution >= 0.6 is 11.6 Å². The van der Waals surface area contributed by atoms with Crippen molar-refractivity contribution >= 4 is 17.5 Å². The van der Waals surface area contributed by atoms with Crippen LogP contribution in [0.15, 0.2) is 18.2 Å². The van der Waals surface area contributed by atoms with Crippen molar-refractivity contribution in [1.82, 2.24) is 4.90 Å². The molecule has 1 saturated carbocycles. The molecule has 1 atom stereocenters. The summed E-state index contributed by atoms with van der Waals surface area (Å²) in [7, 11) is 0. The van der Waals surface area contributed by atoms with E-state index in [0.29, 0.717) is 29.7 Å². The van der Waals surface area contributed by atoms with Crippen LogP contribution in [-0.4, -0.2) is 36.6 Å². The fraction of sp³-hybridized carbons (Fsp3) is 0.533. The maximum atomic E-state index is 12.5. The summed E-state index contributed by atoms with van der Waals surface area (Å²) in [4.78, 5) is 14.4. The predicted octanol–water partition coefficient (Wildman–Crippen LogP) is 2.90. The molecule has 1 aromatic carbocycles. The zero-order chi connectivity index (χ0) is 13.4. The van der Waals surface area contributed by atoms with E-state index in [2.05, 4.69) is 0 Å². The van der Waals surface area contributed by atoms with Gasteiger partial charge in [0, 0.05) is 23.7 Å². The van der Waals surface area contributed by atoms with Crippen LogP contribution in [0, 0.1) is 12.8 Å². The van der Waals surface area contributed by atoms with Crippen LogP contribution in [0.3, 0.4) is 0 Å². The first-order valence-corrected chi connectivity index (χ1v) is 7.19. The van der Waals surface area contributed by atoms with E-state index in [1.54, 1.807) is 6.07 Å². The van der Waals surface area contributed by atoms with Gasteiger partial charge in [-0.2, -0.15) is 0 Å². The molecule has 3 rings (SSSR count). The largest absolute Gasteiger partial charge is 0.374 e. The van der Waals surface area contributed by atoms with E-state index >= 15 is 0 Å². The molecule has 19 heavy (non-hydrogen) atoms. The first kappa shape index (κ1) is 12.9. The summed E-state index contributed by atoms with van der Waals surface area (Å²) >= 11 is 6.03. The molecule has 0 aromatic heterocycles. The molecule has 0 N–H and O–H groups in total. The molecule has 1 heterocycles. The van der Waals surface area contributed by atoms with E-state index in [-0.39, 0.29) is 12.0 Å². The topological polar surface area (TPSA) is 29.5 Å². The van der Waals surface area contributed by atoms with Gasteiger partial charge in [-0.3, -0.25) is 4.79 Å². The fourth-order valence-corrected chi connectivity index (χ4v) is 2.95. The quantitative estimate of drug-likeness (QED) is 0.833. The second-order valence-corrected chi connectivity index (χ2v) is 5.95. The molecular weight excluding hydrogens is 262 g/mol. The number of carbonyl (C=O) groups is 1. The summed E-state index contributed by atoms with van der Waals surface area (Å²) in [6.45, 7) is 3.99. The number of nitrogens with zero attached hydrogens (tertiary/aromatic N) is 1. The summed E-state index contributed by atoms with van der Waals surface area (Å²) in [5, 5.41) is 0.621. The van der Waals surface area contributed by atoms with Crippen LogP contribution in [0.25, 0.3) is 0 Å². The second-order valence-electron chi connectivity index (χ2n) is 5.52. The predicted molar refractivity (Wildman–Crippen MR) is 74.6 cm³/mol. The van der Waals surface area contributed by atoms with Gasteiger partial charge in [-0.25, -0.2) is 0 Å². The molecule has 1 amide bonds. The molecule has 2 fully saturated rings. The average Bonchev–Trinajstić information content (AvgIpc) is 3.21. The zero-order valence-electron chi connectivity index (χ0n) is 11.1. The smallest absolute Gasteiger partial charge is 0.254 e. The number of hydrogen-bond acceptors (Lipinski definition) is 2. The van der Waals surface area contributed by atoms with Gasteiger partial charge in [0.05, 0.1) is 12.7 Å². The van der Waals surface area contributed by atoms with E-state index in [1.807, 2.05) is 24.0 Å². The Bertz CT molecular complexity index is 479. The van der Waals surface area contributed by atoms with Crippen LogP contribution in [0.5, 0.6) is 0 Å². The number of hydrogen-bond donors (Lipinski definition) is 0. The third-order valence-corrected chi connectivity index (χ3v) is 4.04. The molecule has 0 radical (unpaired) electrons. The minimum Gasteiger partial charge on any atom is -0.374 e. The highest BCUT2D eigenvalue weighted by Gasteiger charge is 2.36. The molecule has 1 aliphatic carbocycles. The molecule has 0 spiro atoms. The van der Waals surface area contributed by atoms with Gasteiger partial charge in [-0.1, -0.05) is 11.6 Å². The van der Waals surface area contributed by atoms with E-state index in [1.165, 1.54) is 12.8 Å². The van der Waals surface area contributed by atoms with Crippen molar-refractivity contribution in [1.29, 1.82) is 0 Å². The third kappa shape index (κ3) is 2.93. The van der Waals surface area contributed by atoms with E-state index < -0.39 is 0 Å². The van der Waals surface area contributed by atoms with Crippen molar-refractivity contribution in [3.05, 3.63) is 34.3 Å². The van der Waals surface area contributed by atoms with Gasteiger partial charge in [0.1, 0.15) is 0 Å². The average molecular weight is 280 g/mol. The second kappa shape index (κ2) is 5.14. The summed E-state index contributed by atoms with van der Waals surface area (Å²) in [5.74, 6) is 0.733. The Morgan fingerprint density at radius 2 is 2.16 bits per heavy atom. The lowest BCUT2D eigenvalue weighted by Crippen LogP contribution is -2.46. The highest BCUT2D eigenvalue weighted by atomic mass is 35.5. The van der Waals surface area contributed by atoms with Crippen molar-refractivity contribution in [2.75, 3.05) is 19.7 Å². The summed E-state index contributed by atoms with van der Waals surface area (Å²) < 4.78 is 5.75. The van der Waals surface area contributed by atoms with Crippen molar-refractivity contribution in [2.45, 2.75) is 25.9 Å². The molecular formula is C15H18ClNO2. The number of benzene rings is 1. The number of ether oxygens (including phenoxy) is 1. The van der Waals surface area contributed by atoms with Gasteiger partial charge < -0.3 is 9.64 Å². The SMILES string of the molecule is Cc1cc(Cl)cc(C(=O)N2CCOC(C3CC3)C2)c1. The first-order valence-electron chi connectivity index (χ1n) is 6.81. The number of amides is 1. The number of aryl methyl sites for hydroxylation is 1. The Morgan fingerprint density at radius 3 is 2.84 bits per heavy atom. The molecule has 1 aliphatic heterocycles. The normalized spacial score (nSPS) is 23.5. The summed E-state index contributed by atoms with van der Waals surface area (Å²) in [6.07, 6.45) is 2.71. The third-order valence-electron chi connectivity index (χ3n) is 3.82. The number of morpholine rings is 1. The van der Waals surface area contributed by atoms with Crippen molar-refractivity contribution in [2.24, 2.45) is 5.92 Å². The molecule has 4 heteroatoms. The zero-order valence-corrected chi connectivity index (χ0v) is 11.8. The van der Waals surface area contributed by atoms with Crippen LogP contribution in [-0.2, 0) is 4.74 Å². The molecule has 1 aromatic rings. The van der Waals surface area contributed by atoms with Crippen LogP contribution in [0.1, 0.15) is 28.8 Å². The summed E-state index contributed by atoms with van der Waals surface area (Å²) in [6, 6.07) is 5.51. The van der Waals surface area contributed by atoms with E-state index in [0.717, 1.165) is 12.1 Å². The summed E-state index contributed by atoms with van der Waals surface area (Å²) in [5.41, 5.74) is 1.70. The van der Waals surface area contributed by atoms with Crippen molar-refractivity contribution in [3.8, 4) is 0 Å². The minimum absolute atomic E-state index is 0.0690. The highest BCUT2D eigenvalue weighted by molar-refractivity contribution is 6.31. The highest BCUT2D eigenvalue weighted by Crippen LogP contribution is 2.35.